The van der Waals surface area contributed by atoms with Gasteiger partial charge in [-0.1, -0.05) is 41.6 Å². The molecule has 2 bridgehead atoms. The van der Waals surface area contributed by atoms with E-state index < -0.39 is 18.2 Å². The van der Waals surface area contributed by atoms with E-state index in [2.05, 4.69) is 9.97 Å². The number of nitrogens with zero attached hydrogens (tertiary/aromatic N) is 2. The molecule has 1 aromatic heterocycles. The largest absolute Gasteiger partial charge is 0.433 e. The number of aromatic nitrogens is 2. The molecule has 3 unspecified atom stereocenters. The fourth-order valence-corrected chi connectivity index (χ4v) is 4.07. The van der Waals surface area contributed by atoms with Gasteiger partial charge in [-0.25, -0.2) is 9.97 Å². The number of hydrogen-bond donors (Lipinski definition) is 0. The lowest BCUT2D eigenvalue weighted by atomic mass is 10.1. The molecule has 0 radical (unpaired) electrons. The van der Waals surface area contributed by atoms with Gasteiger partial charge in [0.1, 0.15) is 5.69 Å². The van der Waals surface area contributed by atoms with E-state index in [4.69, 9.17) is 9.47 Å². The lowest BCUT2D eigenvalue weighted by Crippen LogP contribution is -2.37. The molecule has 142 valence electrons. The molecule has 0 amide bonds. The Hall–Kier alpha value is -1.97. The molecule has 2 aromatic rings. The Bertz CT molecular complexity index is 873. The van der Waals surface area contributed by atoms with Crippen LogP contribution in [0.25, 0.3) is 11.3 Å². The zero-order chi connectivity index (χ0) is 19.2. The monoisotopic (exact) mass is 396 g/mol. The minimum atomic E-state index is -4.60. The quantitative estimate of drug-likeness (QED) is 0.739. The number of ketones is 1. The predicted molar refractivity (Wildman–Crippen MR) is 91.1 cm³/mol. The third kappa shape index (κ3) is 3.85. The Morgan fingerprint density at radius 2 is 1.93 bits per heavy atom. The summed E-state index contributed by atoms with van der Waals surface area (Å²) in [6.07, 6.45) is -5.66. The number of halogens is 3. The number of carbonyl (C=O) groups excluding carboxylic acids is 1. The molecule has 0 saturated carbocycles. The number of carbonyl (C=O) groups is 1. The van der Waals surface area contributed by atoms with E-state index in [0.717, 1.165) is 23.4 Å². The highest BCUT2D eigenvalue weighted by atomic mass is 32.2. The molecule has 0 aliphatic carbocycles. The van der Waals surface area contributed by atoms with Crippen LogP contribution in [0, 0.1) is 6.92 Å². The Labute approximate surface area is 157 Å². The molecule has 2 saturated heterocycles. The molecule has 5 nitrogen and oxygen atoms in total. The molecule has 4 rings (SSSR count). The van der Waals surface area contributed by atoms with Crippen LogP contribution in [0.1, 0.15) is 17.7 Å². The number of aryl methyl sites for hydroxylation is 1. The summed E-state index contributed by atoms with van der Waals surface area (Å²) in [6, 6.07) is 7.98. The molecular formula is C18H15F3N2O3S. The van der Waals surface area contributed by atoms with E-state index in [1.54, 1.807) is 24.3 Å². The van der Waals surface area contributed by atoms with E-state index in [1.165, 1.54) is 0 Å². The van der Waals surface area contributed by atoms with Gasteiger partial charge in [0.05, 0.1) is 18.4 Å². The van der Waals surface area contributed by atoms with E-state index in [1.807, 2.05) is 6.92 Å². The van der Waals surface area contributed by atoms with Crippen molar-refractivity contribution in [2.75, 3.05) is 6.61 Å². The van der Waals surface area contributed by atoms with Crippen molar-refractivity contribution < 1.29 is 27.4 Å². The van der Waals surface area contributed by atoms with E-state index in [9.17, 15) is 18.0 Å². The standard InChI is InChI=1S/C18H15F3N2O3S/c1-9-2-4-10(5-3-9)11-6-15(18(19,20)21)23-17(22-11)27-14-7-12(24)16-25-8-13(14)26-16/h2-6,13-14,16H,7-8H2,1H3. The lowest BCUT2D eigenvalue weighted by Gasteiger charge is -2.25. The molecule has 0 spiro atoms. The predicted octanol–water partition coefficient (Wildman–Crippen LogP) is 3.65. The van der Waals surface area contributed by atoms with Crippen molar-refractivity contribution in [2.24, 2.45) is 0 Å². The second-order valence-corrected chi connectivity index (χ2v) is 7.66. The SMILES string of the molecule is Cc1ccc(-c2cc(C(F)(F)F)nc(SC3CC(=O)C4OCC3O4)n2)cc1. The number of thioether (sulfide) groups is 1. The first-order valence-corrected chi connectivity index (χ1v) is 9.17. The van der Waals surface area contributed by atoms with Crippen molar-refractivity contribution in [3.8, 4) is 11.3 Å². The van der Waals surface area contributed by atoms with Crippen molar-refractivity contribution in [1.82, 2.24) is 9.97 Å². The number of hydrogen-bond acceptors (Lipinski definition) is 6. The maximum atomic E-state index is 13.3. The zero-order valence-electron chi connectivity index (χ0n) is 14.2. The van der Waals surface area contributed by atoms with Crippen LogP contribution in [0.2, 0.25) is 0 Å². The number of fused-ring (bicyclic) bond motifs is 2. The third-order valence-corrected chi connectivity index (χ3v) is 5.56. The first-order valence-electron chi connectivity index (χ1n) is 8.29. The molecule has 0 N–H and O–H groups in total. The average Bonchev–Trinajstić information content (AvgIpc) is 3.05. The number of rotatable bonds is 3. The fraction of sp³-hybridized carbons (Fsp3) is 0.389. The van der Waals surface area contributed by atoms with Gasteiger partial charge in [0.15, 0.2) is 10.9 Å². The number of ether oxygens (including phenoxy) is 2. The highest BCUT2D eigenvalue weighted by Crippen LogP contribution is 2.37. The van der Waals surface area contributed by atoms with Crippen LogP contribution in [-0.4, -0.2) is 40.0 Å². The Balaban J connectivity index is 1.68. The molecule has 3 atom stereocenters. The van der Waals surface area contributed by atoms with Gasteiger partial charge in [0.2, 0.25) is 6.29 Å². The average molecular weight is 396 g/mol. The van der Waals surface area contributed by atoms with Gasteiger partial charge in [-0.05, 0) is 13.0 Å². The van der Waals surface area contributed by atoms with E-state index in [-0.39, 0.29) is 41.0 Å². The summed E-state index contributed by atoms with van der Waals surface area (Å²) in [7, 11) is 0. The Kier molecular flexibility index (Phi) is 4.69. The van der Waals surface area contributed by atoms with Crippen LogP contribution in [-0.2, 0) is 20.4 Å². The van der Waals surface area contributed by atoms with Crippen LogP contribution in [0.5, 0.6) is 0 Å². The molecule has 3 heterocycles. The number of alkyl halides is 3. The summed E-state index contributed by atoms with van der Waals surface area (Å²) in [5.74, 6) is -0.216. The van der Waals surface area contributed by atoms with Gasteiger partial charge in [0, 0.05) is 17.2 Å². The lowest BCUT2D eigenvalue weighted by molar-refractivity contribution is -0.151. The fourth-order valence-electron chi connectivity index (χ4n) is 2.96. The molecule has 2 aliphatic heterocycles. The van der Waals surface area contributed by atoms with Crippen LogP contribution in [0.4, 0.5) is 13.2 Å². The highest BCUT2D eigenvalue weighted by molar-refractivity contribution is 7.99. The van der Waals surface area contributed by atoms with Crippen molar-refractivity contribution in [3.05, 3.63) is 41.6 Å². The van der Waals surface area contributed by atoms with Crippen molar-refractivity contribution in [1.29, 1.82) is 0 Å². The Morgan fingerprint density at radius 1 is 1.19 bits per heavy atom. The zero-order valence-corrected chi connectivity index (χ0v) is 15.0. The van der Waals surface area contributed by atoms with E-state index >= 15 is 0 Å². The summed E-state index contributed by atoms with van der Waals surface area (Å²) in [6.45, 7) is 2.13. The normalized spacial score (nSPS) is 25.0. The maximum absolute atomic E-state index is 13.3. The summed E-state index contributed by atoms with van der Waals surface area (Å²) >= 11 is 1.02. The second-order valence-electron chi connectivity index (χ2n) is 6.45. The topological polar surface area (TPSA) is 61.3 Å². The van der Waals surface area contributed by atoms with Crippen LogP contribution in [0.3, 0.4) is 0 Å². The first kappa shape index (κ1) is 18.4. The van der Waals surface area contributed by atoms with Gasteiger partial charge >= 0.3 is 6.18 Å². The minimum Gasteiger partial charge on any atom is -0.343 e. The van der Waals surface area contributed by atoms with Crippen LogP contribution in [0.15, 0.2) is 35.5 Å². The number of Topliss-reactive ketones (excluding diaryl/α,β-unsaturated/α-hetero) is 1. The summed E-state index contributed by atoms with van der Waals surface area (Å²) < 4.78 is 50.6. The molecule has 27 heavy (non-hydrogen) atoms. The molecule has 1 aromatic carbocycles. The molecule has 2 aliphatic rings. The second kappa shape index (κ2) is 6.88. The van der Waals surface area contributed by atoms with Gasteiger partial charge in [-0.15, -0.1) is 0 Å². The van der Waals surface area contributed by atoms with Crippen molar-refractivity contribution in [2.45, 2.75) is 42.3 Å². The molecular weight excluding hydrogens is 381 g/mol. The summed E-state index contributed by atoms with van der Waals surface area (Å²) in [5.41, 5.74) is 0.727. The van der Waals surface area contributed by atoms with E-state index in [0.29, 0.717) is 5.56 Å². The van der Waals surface area contributed by atoms with Crippen LogP contribution < -0.4 is 0 Å². The summed E-state index contributed by atoms with van der Waals surface area (Å²) in [5, 5.41) is -0.419. The van der Waals surface area contributed by atoms with Crippen molar-refractivity contribution >= 4 is 17.5 Å². The van der Waals surface area contributed by atoms with Crippen molar-refractivity contribution in [3.63, 3.8) is 0 Å². The number of benzene rings is 1. The van der Waals surface area contributed by atoms with Gasteiger partial charge < -0.3 is 9.47 Å². The minimum absolute atomic E-state index is 0.0350. The smallest absolute Gasteiger partial charge is 0.343 e. The van der Waals surface area contributed by atoms with Crippen LogP contribution >= 0.6 is 11.8 Å². The van der Waals surface area contributed by atoms with Gasteiger partial charge in [-0.3, -0.25) is 4.79 Å². The molecule has 9 heteroatoms. The van der Waals surface area contributed by atoms with Gasteiger partial charge in [-0.2, -0.15) is 13.2 Å². The first-order chi connectivity index (χ1) is 12.8. The maximum Gasteiger partial charge on any atom is 0.433 e. The third-order valence-electron chi connectivity index (χ3n) is 4.39. The summed E-state index contributed by atoms with van der Waals surface area (Å²) in [4.78, 5) is 19.9. The Morgan fingerprint density at radius 3 is 2.63 bits per heavy atom. The van der Waals surface area contributed by atoms with Gasteiger partial charge in [0.25, 0.3) is 0 Å². The highest BCUT2D eigenvalue weighted by Gasteiger charge is 2.44. The molecule has 2 fully saturated rings.